The van der Waals surface area contributed by atoms with E-state index in [0.29, 0.717) is 11.3 Å². The summed E-state index contributed by atoms with van der Waals surface area (Å²) in [6.07, 6.45) is 2.53. The molecule has 1 aromatic carbocycles. The van der Waals surface area contributed by atoms with Gasteiger partial charge in [0.15, 0.2) is 6.61 Å². The van der Waals surface area contributed by atoms with Crippen LogP contribution >= 0.6 is 0 Å². The number of amides is 1. The minimum Gasteiger partial charge on any atom is -0.484 e. The molecule has 0 aliphatic carbocycles. The van der Waals surface area contributed by atoms with Crippen LogP contribution in [0.4, 0.5) is 0 Å². The van der Waals surface area contributed by atoms with Crippen LogP contribution in [0.5, 0.6) is 5.75 Å². The fourth-order valence-corrected chi connectivity index (χ4v) is 2.30. The van der Waals surface area contributed by atoms with Gasteiger partial charge in [0.05, 0.1) is 11.6 Å². The second-order valence-electron chi connectivity index (χ2n) is 5.29. The van der Waals surface area contributed by atoms with Crippen LogP contribution in [0, 0.1) is 11.3 Å². The number of benzene rings is 1. The van der Waals surface area contributed by atoms with Crippen molar-refractivity contribution in [3.8, 4) is 11.8 Å². The van der Waals surface area contributed by atoms with Gasteiger partial charge in [-0.25, -0.2) is 0 Å². The molecule has 0 atom stereocenters. The summed E-state index contributed by atoms with van der Waals surface area (Å²) >= 11 is 0. The molecule has 1 aromatic rings. The monoisotopic (exact) mass is 287 g/mol. The number of rotatable bonds is 6. The van der Waals surface area contributed by atoms with Crippen LogP contribution in [0.25, 0.3) is 0 Å². The third-order valence-corrected chi connectivity index (χ3v) is 3.72. The van der Waals surface area contributed by atoms with Crippen molar-refractivity contribution >= 4 is 5.91 Å². The summed E-state index contributed by atoms with van der Waals surface area (Å²) in [6.45, 7) is 3.98. The molecule has 2 rings (SSSR count). The zero-order valence-electron chi connectivity index (χ0n) is 12.4. The Hall–Kier alpha value is -2.06. The van der Waals surface area contributed by atoms with Crippen LogP contribution in [-0.4, -0.2) is 55.5 Å². The van der Waals surface area contributed by atoms with Gasteiger partial charge in [0.2, 0.25) is 0 Å². The average Bonchev–Trinajstić information content (AvgIpc) is 3.04. The molecule has 1 fully saturated rings. The van der Waals surface area contributed by atoms with E-state index >= 15 is 0 Å². The van der Waals surface area contributed by atoms with Gasteiger partial charge in [-0.05, 0) is 50.2 Å². The van der Waals surface area contributed by atoms with Gasteiger partial charge in [0.25, 0.3) is 5.91 Å². The topological polar surface area (TPSA) is 56.6 Å². The number of nitrogens with zero attached hydrogens (tertiary/aromatic N) is 3. The van der Waals surface area contributed by atoms with Crippen molar-refractivity contribution in [3.63, 3.8) is 0 Å². The normalized spacial score (nSPS) is 14.7. The van der Waals surface area contributed by atoms with Gasteiger partial charge in [-0.3, -0.25) is 4.79 Å². The largest absolute Gasteiger partial charge is 0.484 e. The van der Waals surface area contributed by atoms with E-state index in [2.05, 4.69) is 4.90 Å². The summed E-state index contributed by atoms with van der Waals surface area (Å²) in [5.74, 6) is 0.578. The van der Waals surface area contributed by atoms with Gasteiger partial charge in [-0.1, -0.05) is 0 Å². The molecule has 0 aromatic heterocycles. The Morgan fingerprint density at radius 3 is 2.62 bits per heavy atom. The van der Waals surface area contributed by atoms with Gasteiger partial charge in [0, 0.05) is 20.1 Å². The first kappa shape index (κ1) is 15.3. The van der Waals surface area contributed by atoms with Gasteiger partial charge >= 0.3 is 0 Å². The minimum absolute atomic E-state index is 0.0291. The second-order valence-corrected chi connectivity index (χ2v) is 5.29. The van der Waals surface area contributed by atoms with E-state index in [1.165, 1.54) is 12.8 Å². The first-order valence-electron chi connectivity index (χ1n) is 7.28. The van der Waals surface area contributed by atoms with E-state index in [4.69, 9.17) is 10.00 Å². The molecule has 5 nitrogen and oxygen atoms in total. The standard InChI is InChI=1S/C16H21N3O2/c1-18(10-11-19-8-2-3-9-19)16(20)13-21-15-6-4-14(12-17)5-7-15/h4-7H,2-3,8-11,13H2,1H3. The Morgan fingerprint density at radius 1 is 1.33 bits per heavy atom. The van der Waals surface area contributed by atoms with E-state index in [0.717, 1.165) is 26.2 Å². The maximum absolute atomic E-state index is 12.0. The van der Waals surface area contributed by atoms with Crippen molar-refractivity contribution < 1.29 is 9.53 Å². The lowest BCUT2D eigenvalue weighted by molar-refractivity contribution is -0.132. The third kappa shape index (κ3) is 4.76. The fraction of sp³-hybridized carbons (Fsp3) is 0.500. The van der Waals surface area contributed by atoms with E-state index in [1.807, 2.05) is 6.07 Å². The lowest BCUT2D eigenvalue weighted by Crippen LogP contribution is -2.37. The molecule has 1 amide bonds. The lowest BCUT2D eigenvalue weighted by atomic mass is 10.2. The summed E-state index contributed by atoms with van der Waals surface area (Å²) < 4.78 is 5.45. The number of carbonyl (C=O) groups excluding carboxylic acids is 1. The highest BCUT2D eigenvalue weighted by Crippen LogP contribution is 2.11. The lowest BCUT2D eigenvalue weighted by Gasteiger charge is -2.21. The van der Waals surface area contributed by atoms with Crippen molar-refractivity contribution in [3.05, 3.63) is 29.8 Å². The highest BCUT2D eigenvalue weighted by Gasteiger charge is 2.14. The maximum atomic E-state index is 12.0. The van der Waals surface area contributed by atoms with Gasteiger partial charge in [-0.15, -0.1) is 0 Å². The van der Waals surface area contributed by atoms with E-state index in [-0.39, 0.29) is 12.5 Å². The zero-order valence-corrected chi connectivity index (χ0v) is 12.4. The van der Waals surface area contributed by atoms with E-state index in [1.54, 1.807) is 36.2 Å². The van der Waals surface area contributed by atoms with Crippen molar-refractivity contribution in [2.45, 2.75) is 12.8 Å². The van der Waals surface area contributed by atoms with Crippen LogP contribution < -0.4 is 4.74 Å². The summed E-state index contributed by atoms with van der Waals surface area (Å²) in [7, 11) is 1.81. The summed E-state index contributed by atoms with van der Waals surface area (Å²) in [5, 5.41) is 8.71. The summed E-state index contributed by atoms with van der Waals surface area (Å²) in [6, 6.07) is 8.81. The van der Waals surface area contributed by atoms with Crippen molar-refractivity contribution in [2.75, 3.05) is 39.8 Å². The summed E-state index contributed by atoms with van der Waals surface area (Å²) in [4.78, 5) is 16.1. The fourth-order valence-electron chi connectivity index (χ4n) is 2.30. The van der Waals surface area contributed by atoms with Crippen molar-refractivity contribution in [1.82, 2.24) is 9.80 Å². The van der Waals surface area contributed by atoms with Crippen LogP contribution in [0.15, 0.2) is 24.3 Å². The number of hydrogen-bond donors (Lipinski definition) is 0. The molecule has 1 aliphatic heterocycles. The van der Waals surface area contributed by atoms with Gasteiger partial charge in [0.1, 0.15) is 5.75 Å². The molecule has 1 aliphatic rings. The SMILES string of the molecule is CN(CCN1CCCC1)C(=O)COc1ccc(C#N)cc1. The predicted molar refractivity (Wildman–Crippen MR) is 80.0 cm³/mol. The number of hydrogen-bond acceptors (Lipinski definition) is 4. The third-order valence-electron chi connectivity index (χ3n) is 3.72. The molecule has 1 heterocycles. The molecule has 0 bridgehead atoms. The highest BCUT2D eigenvalue weighted by molar-refractivity contribution is 5.77. The molecule has 0 radical (unpaired) electrons. The number of carbonyl (C=O) groups is 1. The Bertz CT molecular complexity index is 501. The smallest absolute Gasteiger partial charge is 0.260 e. The maximum Gasteiger partial charge on any atom is 0.260 e. The molecular weight excluding hydrogens is 266 g/mol. The molecule has 1 saturated heterocycles. The highest BCUT2D eigenvalue weighted by atomic mass is 16.5. The van der Waals surface area contributed by atoms with Crippen molar-refractivity contribution in [1.29, 1.82) is 5.26 Å². The van der Waals surface area contributed by atoms with Crippen LogP contribution in [0.2, 0.25) is 0 Å². The Balaban J connectivity index is 1.71. The van der Waals surface area contributed by atoms with E-state index < -0.39 is 0 Å². The Morgan fingerprint density at radius 2 is 2.00 bits per heavy atom. The molecule has 5 heteroatoms. The first-order chi connectivity index (χ1) is 10.2. The molecule has 112 valence electrons. The number of likely N-dealkylation sites (tertiary alicyclic amines) is 1. The van der Waals surface area contributed by atoms with Gasteiger partial charge in [-0.2, -0.15) is 5.26 Å². The van der Waals surface area contributed by atoms with Gasteiger partial charge < -0.3 is 14.5 Å². The van der Waals surface area contributed by atoms with Crippen LogP contribution in [0.3, 0.4) is 0 Å². The Labute approximate surface area is 125 Å². The first-order valence-corrected chi connectivity index (χ1v) is 7.28. The number of ether oxygens (including phenoxy) is 1. The second kappa shape index (κ2) is 7.65. The summed E-state index contributed by atoms with van der Waals surface area (Å²) in [5.41, 5.74) is 0.580. The quantitative estimate of drug-likeness (QED) is 0.795. The number of likely N-dealkylation sites (N-methyl/N-ethyl adjacent to an activating group) is 1. The molecule has 0 spiro atoms. The predicted octanol–water partition coefficient (Wildman–Crippen LogP) is 1.49. The minimum atomic E-state index is -0.0291. The van der Waals surface area contributed by atoms with Crippen LogP contribution in [0.1, 0.15) is 18.4 Å². The van der Waals surface area contributed by atoms with Crippen LogP contribution in [-0.2, 0) is 4.79 Å². The molecule has 0 saturated carbocycles. The number of nitriles is 1. The average molecular weight is 287 g/mol. The molecular formula is C16H21N3O2. The molecule has 0 unspecified atom stereocenters. The molecule has 0 N–H and O–H groups in total. The molecule has 21 heavy (non-hydrogen) atoms. The zero-order chi connectivity index (χ0) is 15.1. The van der Waals surface area contributed by atoms with E-state index in [9.17, 15) is 4.79 Å². The van der Waals surface area contributed by atoms with Crippen molar-refractivity contribution in [2.24, 2.45) is 0 Å². The Kier molecular flexibility index (Phi) is 5.59.